The zero-order valence-electron chi connectivity index (χ0n) is 16.4. The molecule has 1 fully saturated rings. The lowest BCUT2D eigenvalue weighted by molar-refractivity contribution is -0.121. The van der Waals surface area contributed by atoms with E-state index in [-0.39, 0.29) is 5.91 Å². The van der Waals surface area contributed by atoms with Crippen molar-refractivity contribution in [2.75, 3.05) is 33.5 Å². The number of aryl methyl sites for hydroxylation is 1. The summed E-state index contributed by atoms with van der Waals surface area (Å²) in [5.74, 6) is 1.49. The monoisotopic (exact) mass is 429 g/mol. The van der Waals surface area contributed by atoms with Crippen molar-refractivity contribution in [1.82, 2.24) is 4.90 Å². The molecule has 1 aliphatic rings. The van der Waals surface area contributed by atoms with Crippen LogP contribution < -0.4 is 9.47 Å². The smallest absolute Gasteiger partial charge is 0.265 e. The van der Waals surface area contributed by atoms with Crippen LogP contribution in [0.5, 0.6) is 11.5 Å². The Morgan fingerprint density at radius 3 is 2.34 bits per heavy atom. The van der Waals surface area contributed by atoms with Crippen LogP contribution in [0.1, 0.15) is 11.1 Å². The molecular weight excluding hydrogens is 406 g/mol. The van der Waals surface area contributed by atoms with Gasteiger partial charge >= 0.3 is 0 Å². The first-order valence-corrected chi connectivity index (χ1v) is 10.5. The highest BCUT2D eigenvalue weighted by molar-refractivity contribution is 8.26. The fraction of sp³-hybridized carbons (Fsp3) is 0.273. The highest BCUT2D eigenvalue weighted by Gasteiger charge is 2.28. The van der Waals surface area contributed by atoms with E-state index in [4.69, 9.17) is 26.4 Å². The van der Waals surface area contributed by atoms with Gasteiger partial charge in [-0.2, -0.15) is 0 Å². The van der Waals surface area contributed by atoms with Gasteiger partial charge in [0.2, 0.25) is 0 Å². The SMILES string of the molecule is Cc1ccc(OCCOCCOc2cccc(/C=C3/SC(=S)N(C)C3=O)c2)cc1. The number of rotatable bonds is 9. The third kappa shape index (κ3) is 6.32. The Balaban J connectivity index is 1.38. The maximum atomic E-state index is 12.1. The van der Waals surface area contributed by atoms with Gasteiger partial charge in [0.1, 0.15) is 29.0 Å². The van der Waals surface area contributed by atoms with Crippen LogP contribution in [0.2, 0.25) is 0 Å². The fourth-order valence-electron chi connectivity index (χ4n) is 2.56. The highest BCUT2D eigenvalue weighted by atomic mass is 32.2. The Kier molecular flexibility index (Phi) is 7.69. The first-order valence-electron chi connectivity index (χ1n) is 9.24. The summed E-state index contributed by atoms with van der Waals surface area (Å²) in [5, 5.41) is 0. The molecule has 0 radical (unpaired) electrons. The standard InChI is InChI=1S/C22H23NO4S2/c1-16-6-8-18(9-7-16)26-12-10-25-11-13-27-19-5-3-4-17(14-19)15-20-21(24)23(2)22(28)29-20/h3-9,14-15H,10-13H2,1-2H3/b20-15+. The molecule has 1 aliphatic heterocycles. The predicted molar refractivity (Wildman–Crippen MR) is 120 cm³/mol. The lowest BCUT2D eigenvalue weighted by Gasteiger charge is -2.09. The predicted octanol–water partition coefficient (Wildman–Crippen LogP) is 4.30. The number of thioether (sulfide) groups is 1. The first kappa shape index (κ1) is 21.4. The molecule has 5 nitrogen and oxygen atoms in total. The summed E-state index contributed by atoms with van der Waals surface area (Å²) in [4.78, 5) is 14.2. The Bertz CT molecular complexity index is 896. The van der Waals surface area contributed by atoms with Gasteiger partial charge in [-0.25, -0.2) is 0 Å². The number of carbonyl (C=O) groups is 1. The van der Waals surface area contributed by atoms with Gasteiger partial charge in [-0.3, -0.25) is 9.69 Å². The minimum absolute atomic E-state index is 0.0763. The minimum Gasteiger partial charge on any atom is -0.491 e. The van der Waals surface area contributed by atoms with Gasteiger partial charge in [-0.05, 0) is 42.8 Å². The number of ether oxygens (including phenoxy) is 3. The zero-order chi connectivity index (χ0) is 20.6. The fourth-order valence-corrected chi connectivity index (χ4v) is 3.74. The van der Waals surface area contributed by atoms with Crippen molar-refractivity contribution < 1.29 is 19.0 Å². The Morgan fingerprint density at radius 1 is 1.00 bits per heavy atom. The van der Waals surface area contributed by atoms with E-state index in [0.29, 0.717) is 35.7 Å². The van der Waals surface area contributed by atoms with E-state index >= 15 is 0 Å². The molecule has 0 N–H and O–H groups in total. The average molecular weight is 430 g/mol. The summed E-state index contributed by atoms with van der Waals surface area (Å²) in [5.41, 5.74) is 2.10. The van der Waals surface area contributed by atoms with Crippen LogP contribution in [0.4, 0.5) is 0 Å². The largest absolute Gasteiger partial charge is 0.491 e. The topological polar surface area (TPSA) is 48.0 Å². The van der Waals surface area contributed by atoms with Crippen LogP contribution in [0.15, 0.2) is 53.4 Å². The van der Waals surface area contributed by atoms with Gasteiger partial charge in [-0.15, -0.1) is 0 Å². The van der Waals surface area contributed by atoms with Gasteiger partial charge in [0.15, 0.2) is 0 Å². The van der Waals surface area contributed by atoms with Crippen LogP contribution in [-0.4, -0.2) is 48.6 Å². The summed E-state index contributed by atoms with van der Waals surface area (Å²) in [7, 11) is 1.68. The van der Waals surface area contributed by atoms with Crippen molar-refractivity contribution in [1.29, 1.82) is 0 Å². The average Bonchev–Trinajstić information content (AvgIpc) is 2.95. The number of benzene rings is 2. The molecule has 0 unspecified atom stereocenters. The summed E-state index contributed by atoms with van der Waals surface area (Å²) in [6, 6.07) is 15.5. The van der Waals surface area contributed by atoms with Crippen LogP contribution >= 0.6 is 24.0 Å². The quantitative estimate of drug-likeness (QED) is 0.337. The highest BCUT2D eigenvalue weighted by Crippen LogP contribution is 2.31. The molecule has 2 aromatic rings. The second-order valence-electron chi connectivity index (χ2n) is 6.44. The van der Waals surface area contributed by atoms with Crippen molar-refractivity contribution >= 4 is 40.3 Å². The van der Waals surface area contributed by atoms with E-state index in [1.54, 1.807) is 7.05 Å². The summed E-state index contributed by atoms with van der Waals surface area (Å²) in [6.07, 6.45) is 1.83. The number of nitrogens with zero attached hydrogens (tertiary/aromatic N) is 1. The molecule has 1 amide bonds. The Morgan fingerprint density at radius 2 is 1.69 bits per heavy atom. The third-order valence-corrected chi connectivity index (χ3v) is 5.64. The van der Waals surface area contributed by atoms with E-state index in [2.05, 4.69) is 0 Å². The van der Waals surface area contributed by atoms with E-state index in [0.717, 1.165) is 17.1 Å². The van der Waals surface area contributed by atoms with E-state index in [1.165, 1.54) is 22.2 Å². The maximum Gasteiger partial charge on any atom is 0.265 e. The minimum atomic E-state index is -0.0763. The second-order valence-corrected chi connectivity index (χ2v) is 8.11. The number of amides is 1. The second kappa shape index (κ2) is 10.4. The number of carbonyl (C=O) groups excluding carboxylic acids is 1. The number of thiocarbonyl (C=S) groups is 1. The third-order valence-electron chi connectivity index (χ3n) is 4.16. The molecule has 0 saturated carbocycles. The van der Waals surface area contributed by atoms with E-state index in [9.17, 15) is 4.79 Å². The van der Waals surface area contributed by atoms with Gasteiger partial charge in [0.25, 0.3) is 5.91 Å². The van der Waals surface area contributed by atoms with Crippen molar-refractivity contribution in [3.05, 3.63) is 64.6 Å². The molecule has 0 bridgehead atoms. The Hall–Kier alpha value is -2.35. The van der Waals surface area contributed by atoms with Gasteiger partial charge in [0.05, 0.1) is 18.1 Å². The molecule has 1 saturated heterocycles. The van der Waals surface area contributed by atoms with Gasteiger partial charge < -0.3 is 14.2 Å². The molecule has 0 aliphatic carbocycles. The molecule has 1 heterocycles. The molecular formula is C22H23NO4S2. The van der Waals surface area contributed by atoms with Crippen molar-refractivity contribution in [3.8, 4) is 11.5 Å². The lowest BCUT2D eigenvalue weighted by Crippen LogP contribution is -2.22. The van der Waals surface area contributed by atoms with Crippen molar-refractivity contribution in [2.24, 2.45) is 0 Å². The normalized spacial score (nSPS) is 15.2. The molecule has 0 spiro atoms. The molecule has 0 atom stereocenters. The zero-order valence-corrected chi connectivity index (χ0v) is 18.1. The van der Waals surface area contributed by atoms with Crippen LogP contribution in [0.3, 0.4) is 0 Å². The van der Waals surface area contributed by atoms with E-state index in [1.807, 2.05) is 61.5 Å². The van der Waals surface area contributed by atoms with Gasteiger partial charge in [0, 0.05) is 7.05 Å². The summed E-state index contributed by atoms with van der Waals surface area (Å²) < 4.78 is 17.5. The lowest BCUT2D eigenvalue weighted by atomic mass is 10.2. The molecule has 0 aromatic heterocycles. The number of hydrogen-bond donors (Lipinski definition) is 0. The number of hydrogen-bond acceptors (Lipinski definition) is 6. The molecule has 29 heavy (non-hydrogen) atoms. The summed E-state index contributed by atoms with van der Waals surface area (Å²) >= 11 is 6.46. The number of likely N-dealkylation sites (N-methyl/N-ethyl adjacent to an activating group) is 1. The Labute approximate surface area is 180 Å². The van der Waals surface area contributed by atoms with E-state index < -0.39 is 0 Å². The van der Waals surface area contributed by atoms with Gasteiger partial charge in [-0.1, -0.05) is 53.8 Å². The van der Waals surface area contributed by atoms with Crippen molar-refractivity contribution in [3.63, 3.8) is 0 Å². The molecule has 3 rings (SSSR count). The molecule has 152 valence electrons. The maximum absolute atomic E-state index is 12.1. The molecule has 7 heteroatoms. The molecule has 2 aromatic carbocycles. The summed E-state index contributed by atoms with van der Waals surface area (Å²) in [6.45, 7) is 3.94. The van der Waals surface area contributed by atoms with Crippen LogP contribution in [-0.2, 0) is 9.53 Å². The first-order chi connectivity index (χ1) is 14.0. The van der Waals surface area contributed by atoms with Crippen molar-refractivity contribution in [2.45, 2.75) is 6.92 Å². The van der Waals surface area contributed by atoms with Crippen LogP contribution in [0, 0.1) is 6.92 Å². The van der Waals surface area contributed by atoms with Crippen LogP contribution in [0.25, 0.3) is 6.08 Å².